The van der Waals surface area contributed by atoms with Crippen molar-refractivity contribution in [2.24, 2.45) is 0 Å². The van der Waals surface area contributed by atoms with Gasteiger partial charge in [0.15, 0.2) is 0 Å². The number of carbonyl (C=O) groups excluding carboxylic acids is 1. The number of carboxylic acid groups (broad SMARTS) is 1. The highest BCUT2D eigenvalue weighted by Crippen LogP contribution is 2.23. The molecule has 0 spiro atoms. The average Bonchev–Trinajstić information content (AvgIpc) is 2.54. The summed E-state index contributed by atoms with van der Waals surface area (Å²) in [4.78, 5) is 27.0. The zero-order valence-corrected chi connectivity index (χ0v) is 12.1. The van der Waals surface area contributed by atoms with Crippen molar-refractivity contribution in [3.8, 4) is 0 Å². The Morgan fingerprint density at radius 2 is 1.86 bits per heavy atom. The highest BCUT2D eigenvalue weighted by Gasteiger charge is 2.19. The topological polar surface area (TPSA) is 79.3 Å². The number of rotatable bonds is 7. The molecule has 0 saturated carbocycles. The van der Waals surface area contributed by atoms with E-state index in [4.69, 9.17) is 5.11 Å². The van der Waals surface area contributed by atoms with E-state index in [1.165, 1.54) is 0 Å². The van der Waals surface area contributed by atoms with Gasteiger partial charge < -0.3 is 10.4 Å². The second-order valence-electron chi connectivity index (χ2n) is 5.05. The maximum absolute atomic E-state index is 12.1. The Labute approximate surface area is 129 Å². The number of hydrogen-bond donors (Lipinski definition) is 2. The molecular formula is C17H18N2O3. The van der Waals surface area contributed by atoms with Gasteiger partial charge >= 0.3 is 5.97 Å². The van der Waals surface area contributed by atoms with E-state index in [9.17, 15) is 9.59 Å². The Balaban J connectivity index is 1.95. The molecule has 5 nitrogen and oxygen atoms in total. The lowest BCUT2D eigenvalue weighted by Crippen LogP contribution is -2.25. The fourth-order valence-corrected chi connectivity index (χ4v) is 2.24. The molecule has 0 radical (unpaired) electrons. The first-order valence-corrected chi connectivity index (χ1v) is 7.07. The van der Waals surface area contributed by atoms with Gasteiger partial charge in [-0.15, -0.1) is 0 Å². The maximum atomic E-state index is 12.1. The quantitative estimate of drug-likeness (QED) is 0.822. The highest BCUT2D eigenvalue weighted by molar-refractivity contribution is 5.78. The zero-order chi connectivity index (χ0) is 15.8. The molecule has 0 unspecified atom stereocenters. The number of pyridine rings is 1. The van der Waals surface area contributed by atoms with Gasteiger partial charge in [0.1, 0.15) is 0 Å². The Morgan fingerprint density at radius 3 is 2.50 bits per heavy atom. The van der Waals surface area contributed by atoms with Crippen LogP contribution in [0.1, 0.15) is 29.9 Å². The summed E-state index contributed by atoms with van der Waals surface area (Å²) in [7, 11) is 0. The summed E-state index contributed by atoms with van der Waals surface area (Å²) < 4.78 is 0. The summed E-state index contributed by atoms with van der Waals surface area (Å²) in [5.41, 5.74) is 1.77. The smallest absolute Gasteiger partial charge is 0.303 e. The first kappa shape index (κ1) is 15.7. The molecule has 2 aromatic rings. The van der Waals surface area contributed by atoms with Crippen LogP contribution in [0.15, 0.2) is 54.9 Å². The van der Waals surface area contributed by atoms with Gasteiger partial charge in [0.05, 0.1) is 6.42 Å². The van der Waals surface area contributed by atoms with Crippen LogP contribution >= 0.6 is 0 Å². The first-order chi connectivity index (χ1) is 10.6. The van der Waals surface area contributed by atoms with Crippen LogP contribution < -0.4 is 5.32 Å². The minimum Gasteiger partial charge on any atom is -0.481 e. The number of nitrogens with zero attached hydrogens (tertiary/aromatic N) is 1. The summed E-state index contributed by atoms with van der Waals surface area (Å²) in [5, 5.41) is 11.8. The van der Waals surface area contributed by atoms with Crippen molar-refractivity contribution in [3.05, 3.63) is 66.0 Å². The molecule has 1 aromatic heterocycles. The molecule has 5 heteroatoms. The predicted molar refractivity (Wildman–Crippen MR) is 82.1 cm³/mol. The van der Waals surface area contributed by atoms with Gasteiger partial charge in [-0.2, -0.15) is 0 Å². The molecule has 22 heavy (non-hydrogen) atoms. The summed E-state index contributed by atoms with van der Waals surface area (Å²) >= 11 is 0. The van der Waals surface area contributed by atoms with Gasteiger partial charge in [-0.1, -0.05) is 36.4 Å². The van der Waals surface area contributed by atoms with Crippen molar-refractivity contribution in [3.63, 3.8) is 0 Å². The van der Waals surface area contributed by atoms with Crippen LogP contribution in [0.2, 0.25) is 0 Å². The molecule has 2 N–H and O–H groups in total. The number of benzene rings is 1. The zero-order valence-electron chi connectivity index (χ0n) is 12.1. The summed E-state index contributed by atoms with van der Waals surface area (Å²) in [6.45, 7) is 0.390. The highest BCUT2D eigenvalue weighted by atomic mass is 16.4. The molecule has 1 heterocycles. The molecule has 0 fully saturated rings. The van der Waals surface area contributed by atoms with Crippen LogP contribution in [0.3, 0.4) is 0 Å². The fourth-order valence-electron chi connectivity index (χ4n) is 2.24. The van der Waals surface area contributed by atoms with Crippen molar-refractivity contribution in [2.45, 2.75) is 25.3 Å². The summed E-state index contributed by atoms with van der Waals surface area (Å²) in [5.74, 6) is -1.40. The number of nitrogens with one attached hydrogen (secondary N) is 1. The van der Waals surface area contributed by atoms with Crippen molar-refractivity contribution in [1.29, 1.82) is 0 Å². The normalized spacial score (nSPS) is 11.6. The van der Waals surface area contributed by atoms with Gasteiger partial charge in [0.2, 0.25) is 5.91 Å². The number of aliphatic carboxylic acids is 1. The van der Waals surface area contributed by atoms with Crippen LogP contribution in [0.25, 0.3) is 0 Å². The molecule has 0 saturated heterocycles. The van der Waals surface area contributed by atoms with Gasteiger partial charge in [-0.3, -0.25) is 14.6 Å². The van der Waals surface area contributed by atoms with E-state index in [1.54, 1.807) is 18.5 Å². The maximum Gasteiger partial charge on any atom is 0.303 e. The molecule has 0 aliphatic heterocycles. The molecule has 2 rings (SSSR count). The Morgan fingerprint density at radius 1 is 1.09 bits per heavy atom. The van der Waals surface area contributed by atoms with E-state index in [0.717, 1.165) is 11.1 Å². The third-order valence-electron chi connectivity index (χ3n) is 3.34. The van der Waals surface area contributed by atoms with E-state index >= 15 is 0 Å². The van der Waals surface area contributed by atoms with Gasteiger partial charge in [0, 0.05) is 31.3 Å². The van der Waals surface area contributed by atoms with Crippen LogP contribution in [0, 0.1) is 0 Å². The average molecular weight is 298 g/mol. The van der Waals surface area contributed by atoms with E-state index in [1.807, 2.05) is 36.4 Å². The minimum atomic E-state index is -0.908. The lowest BCUT2D eigenvalue weighted by atomic mass is 9.92. The Bertz CT molecular complexity index is 614. The number of hydrogen-bond acceptors (Lipinski definition) is 3. The molecule has 0 aliphatic carbocycles. The van der Waals surface area contributed by atoms with E-state index < -0.39 is 5.97 Å². The first-order valence-electron chi connectivity index (χ1n) is 7.07. The van der Waals surface area contributed by atoms with Crippen molar-refractivity contribution in [2.75, 3.05) is 0 Å². The van der Waals surface area contributed by atoms with Crippen LogP contribution in [-0.4, -0.2) is 22.0 Å². The predicted octanol–water partition coefficient (Wildman–Crippen LogP) is 2.35. The SMILES string of the molecule is O=C(O)C[C@@H](CC(=O)NCc1cccnc1)c1ccccc1. The second-order valence-corrected chi connectivity index (χ2v) is 5.05. The summed E-state index contributed by atoms with van der Waals surface area (Å²) in [6, 6.07) is 12.9. The van der Waals surface area contributed by atoms with Gasteiger partial charge in [-0.25, -0.2) is 0 Å². The third kappa shape index (κ3) is 5.01. The number of carboxylic acids is 1. The van der Waals surface area contributed by atoms with Crippen LogP contribution in [0.4, 0.5) is 0 Å². The van der Waals surface area contributed by atoms with Crippen molar-refractivity contribution < 1.29 is 14.7 Å². The van der Waals surface area contributed by atoms with E-state index in [0.29, 0.717) is 6.54 Å². The molecular weight excluding hydrogens is 280 g/mol. The molecule has 0 aliphatic rings. The number of aromatic nitrogens is 1. The van der Waals surface area contributed by atoms with Gasteiger partial charge in [0.25, 0.3) is 0 Å². The van der Waals surface area contributed by atoms with E-state index in [-0.39, 0.29) is 24.7 Å². The lowest BCUT2D eigenvalue weighted by molar-refractivity contribution is -0.137. The minimum absolute atomic E-state index is 0.0652. The summed E-state index contributed by atoms with van der Waals surface area (Å²) in [6.07, 6.45) is 3.44. The van der Waals surface area contributed by atoms with E-state index in [2.05, 4.69) is 10.3 Å². The Kier molecular flexibility index (Phi) is 5.65. The number of carbonyl (C=O) groups is 2. The molecule has 1 aromatic carbocycles. The third-order valence-corrected chi connectivity index (χ3v) is 3.34. The standard InChI is InChI=1S/C17H18N2O3/c20-16(19-12-13-5-4-8-18-11-13)9-15(10-17(21)22)14-6-2-1-3-7-14/h1-8,11,15H,9-10,12H2,(H,19,20)(H,21,22)/t15-/m1/s1. The fraction of sp³-hybridized carbons (Fsp3) is 0.235. The monoisotopic (exact) mass is 298 g/mol. The molecule has 1 amide bonds. The van der Waals surface area contributed by atoms with Crippen LogP contribution in [0.5, 0.6) is 0 Å². The van der Waals surface area contributed by atoms with Crippen LogP contribution in [-0.2, 0) is 16.1 Å². The molecule has 0 bridgehead atoms. The van der Waals surface area contributed by atoms with Crippen molar-refractivity contribution >= 4 is 11.9 Å². The number of amides is 1. The van der Waals surface area contributed by atoms with Gasteiger partial charge in [-0.05, 0) is 17.2 Å². The Hall–Kier alpha value is -2.69. The largest absolute Gasteiger partial charge is 0.481 e. The lowest BCUT2D eigenvalue weighted by Gasteiger charge is -2.15. The second kappa shape index (κ2) is 7.93. The van der Waals surface area contributed by atoms with Crippen molar-refractivity contribution in [1.82, 2.24) is 10.3 Å². The molecule has 1 atom stereocenters. The molecule has 114 valence electrons.